The largest absolute Gasteiger partial charge is 0.395 e. The third-order valence-corrected chi connectivity index (χ3v) is 4.43. The van der Waals surface area contributed by atoms with Crippen molar-refractivity contribution in [2.75, 3.05) is 31.1 Å². The molecule has 0 unspecified atom stereocenters. The maximum atomic E-state index is 9.35. The van der Waals surface area contributed by atoms with Crippen molar-refractivity contribution in [3.8, 4) is 0 Å². The fourth-order valence-corrected chi connectivity index (χ4v) is 3.23. The molecular formula is C15H24N4O. The van der Waals surface area contributed by atoms with E-state index in [1.807, 2.05) is 12.4 Å². The molecule has 0 aromatic carbocycles. The van der Waals surface area contributed by atoms with Crippen LogP contribution < -0.4 is 4.90 Å². The zero-order chi connectivity index (χ0) is 13.8. The first-order valence-electron chi connectivity index (χ1n) is 7.77. The van der Waals surface area contributed by atoms with E-state index in [1.54, 1.807) is 0 Å². The number of aromatic nitrogens is 2. The van der Waals surface area contributed by atoms with Crippen molar-refractivity contribution in [2.45, 2.75) is 44.7 Å². The van der Waals surface area contributed by atoms with Crippen LogP contribution in [0, 0.1) is 0 Å². The van der Waals surface area contributed by atoms with Crippen molar-refractivity contribution >= 4 is 5.95 Å². The fourth-order valence-electron chi connectivity index (χ4n) is 3.23. The van der Waals surface area contributed by atoms with Gasteiger partial charge in [0.05, 0.1) is 6.61 Å². The summed E-state index contributed by atoms with van der Waals surface area (Å²) in [6, 6.07) is 0.316. The zero-order valence-corrected chi connectivity index (χ0v) is 12.0. The summed E-state index contributed by atoms with van der Waals surface area (Å²) in [4.78, 5) is 13.7. The van der Waals surface area contributed by atoms with E-state index in [-0.39, 0.29) is 6.61 Å². The van der Waals surface area contributed by atoms with Crippen molar-refractivity contribution in [1.82, 2.24) is 14.9 Å². The lowest BCUT2D eigenvalue weighted by molar-refractivity contribution is 0.153. The fraction of sp³-hybridized carbons (Fsp3) is 0.733. The van der Waals surface area contributed by atoms with E-state index in [2.05, 4.69) is 19.8 Å². The molecule has 110 valence electrons. The third-order valence-electron chi connectivity index (χ3n) is 4.43. The minimum absolute atomic E-state index is 0.257. The van der Waals surface area contributed by atoms with Gasteiger partial charge in [-0.25, -0.2) is 9.97 Å². The molecule has 0 spiro atoms. The Labute approximate surface area is 120 Å². The number of aliphatic hydroxyl groups is 1. The Kier molecular flexibility index (Phi) is 4.47. The van der Waals surface area contributed by atoms with E-state index in [0.717, 1.165) is 44.1 Å². The van der Waals surface area contributed by atoms with Gasteiger partial charge in [0, 0.05) is 43.6 Å². The van der Waals surface area contributed by atoms with E-state index in [1.165, 1.54) is 25.7 Å². The molecular weight excluding hydrogens is 252 g/mol. The molecule has 1 aromatic rings. The highest BCUT2D eigenvalue weighted by molar-refractivity contribution is 5.30. The predicted octanol–water partition coefficient (Wildman–Crippen LogP) is 1.42. The number of hydrogen-bond donors (Lipinski definition) is 1. The Bertz CT molecular complexity index is 416. The molecule has 0 amide bonds. The second-order valence-corrected chi connectivity index (χ2v) is 5.89. The van der Waals surface area contributed by atoms with Crippen LogP contribution in [0.2, 0.25) is 0 Å². The summed E-state index contributed by atoms with van der Waals surface area (Å²) in [5.41, 5.74) is 1.14. The van der Waals surface area contributed by atoms with E-state index in [0.29, 0.717) is 6.04 Å². The van der Waals surface area contributed by atoms with Gasteiger partial charge < -0.3 is 10.0 Å². The van der Waals surface area contributed by atoms with E-state index in [9.17, 15) is 5.11 Å². The second-order valence-electron chi connectivity index (χ2n) is 5.89. The van der Waals surface area contributed by atoms with E-state index < -0.39 is 0 Å². The molecule has 2 fully saturated rings. The number of aliphatic hydroxyl groups excluding tert-OH is 1. The van der Waals surface area contributed by atoms with Gasteiger partial charge in [-0.05, 0) is 38.6 Å². The Balaban J connectivity index is 1.61. The summed E-state index contributed by atoms with van der Waals surface area (Å²) in [7, 11) is 0. The smallest absolute Gasteiger partial charge is 0.225 e. The third kappa shape index (κ3) is 3.10. The van der Waals surface area contributed by atoms with Gasteiger partial charge in [0.2, 0.25) is 5.95 Å². The van der Waals surface area contributed by atoms with Crippen molar-refractivity contribution in [3.05, 3.63) is 18.0 Å². The molecule has 0 bridgehead atoms. The van der Waals surface area contributed by atoms with Crippen LogP contribution in [-0.2, 0) is 6.54 Å². The quantitative estimate of drug-likeness (QED) is 0.901. The highest BCUT2D eigenvalue weighted by Gasteiger charge is 2.23. The molecule has 3 heterocycles. The average Bonchev–Trinajstić information content (AvgIpc) is 2.96. The first-order chi connectivity index (χ1) is 9.86. The molecule has 0 radical (unpaired) electrons. The van der Waals surface area contributed by atoms with Gasteiger partial charge >= 0.3 is 0 Å². The Morgan fingerprint density at radius 1 is 1.05 bits per heavy atom. The molecule has 5 heteroatoms. The topological polar surface area (TPSA) is 52.5 Å². The van der Waals surface area contributed by atoms with E-state index >= 15 is 0 Å². The van der Waals surface area contributed by atoms with Crippen LogP contribution >= 0.6 is 0 Å². The SMILES string of the molecule is OC[C@@H]1CCCN1Cc1cnc(N2CCCCC2)nc1. The standard InChI is InChI=1S/C15H24N4O/c20-12-14-5-4-8-19(14)11-13-9-16-15(17-10-13)18-6-2-1-3-7-18/h9-10,14,20H,1-8,11-12H2/t14-/m0/s1. The second kappa shape index (κ2) is 6.50. The first kappa shape index (κ1) is 13.8. The zero-order valence-electron chi connectivity index (χ0n) is 12.0. The molecule has 3 rings (SSSR count). The average molecular weight is 276 g/mol. The van der Waals surface area contributed by atoms with Crippen LogP contribution in [0.1, 0.15) is 37.7 Å². The summed E-state index contributed by atoms with van der Waals surface area (Å²) in [6.07, 6.45) is 9.99. The highest BCUT2D eigenvalue weighted by Crippen LogP contribution is 2.20. The van der Waals surface area contributed by atoms with Crippen LogP contribution in [0.25, 0.3) is 0 Å². The molecule has 0 aliphatic carbocycles. The molecule has 5 nitrogen and oxygen atoms in total. The monoisotopic (exact) mass is 276 g/mol. The lowest BCUT2D eigenvalue weighted by atomic mass is 10.1. The van der Waals surface area contributed by atoms with Crippen LogP contribution in [0.15, 0.2) is 12.4 Å². The molecule has 1 N–H and O–H groups in total. The van der Waals surface area contributed by atoms with Gasteiger partial charge in [-0.2, -0.15) is 0 Å². The van der Waals surface area contributed by atoms with Crippen LogP contribution in [-0.4, -0.2) is 52.3 Å². The summed E-state index contributed by atoms with van der Waals surface area (Å²) < 4.78 is 0. The lowest BCUT2D eigenvalue weighted by Gasteiger charge is -2.27. The van der Waals surface area contributed by atoms with Gasteiger partial charge in [-0.15, -0.1) is 0 Å². The highest BCUT2D eigenvalue weighted by atomic mass is 16.3. The molecule has 1 aromatic heterocycles. The van der Waals surface area contributed by atoms with Crippen LogP contribution in [0.5, 0.6) is 0 Å². The summed E-state index contributed by atoms with van der Waals surface area (Å²) in [5, 5.41) is 9.35. The molecule has 2 aliphatic rings. The Hall–Kier alpha value is -1.20. The lowest BCUT2D eigenvalue weighted by Crippen LogP contribution is -2.32. The number of anilines is 1. The van der Waals surface area contributed by atoms with Gasteiger partial charge in [0.25, 0.3) is 0 Å². The number of rotatable bonds is 4. The van der Waals surface area contributed by atoms with Gasteiger partial charge in [-0.3, -0.25) is 4.90 Å². The van der Waals surface area contributed by atoms with Crippen molar-refractivity contribution < 1.29 is 5.11 Å². The first-order valence-corrected chi connectivity index (χ1v) is 7.77. The molecule has 20 heavy (non-hydrogen) atoms. The Morgan fingerprint density at radius 2 is 1.80 bits per heavy atom. The van der Waals surface area contributed by atoms with Crippen molar-refractivity contribution in [3.63, 3.8) is 0 Å². The number of likely N-dealkylation sites (tertiary alicyclic amines) is 1. The van der Waals surface area contributed by atoms with Crippen molar-refractivity contribution in [1.29, 1.82) is 0 Å². The molecule has 0 saturated carbocycles. The van der Waals surface area contributed by atoms with Gasteiger partial charge in [-0.1, -0.05) is 0 Å². The summed E-state index contributed by atoms with van der Waals surface area (Å²) in [5.74, 6) is 0.869. The van der Waals surface area contributed by atoms with Crippen LogP contribution in [0.3, 0.4) is 0 Å². The van der Waals surface area contributed by atoms with Gasteiger partial charge in [0.15, 0.2) is 0 Å². The molecule has 2 aliphatic heterocycles. The predicted molar refractivity (Wildman–Crippen MR) is 78.6 cm³/mol. The molecule has 2 saturated heterocycles. The van der Waals surface area contributed by atoms with Crippen LogP contribution in [0.4, 0.5) is 5.95 Å². The maximum Gasteiger partial charge on any atom is 0.225 e. The number of hydrogen-bond acceptors (Lipinski definition) is 5. The molecule has 1 atom stereocenters. The number of nitrogens with zero attached hydrogens (tertiary/aromatic N) is 4. The minimum atomic E-state index is 0.257. The Morgan fingerprint density at radius 3 is 2.50 bits per heavy atom. The van der Waals surface area contributed by atoms with Crippen molar-refractivity contribution in [2.24, 2.45) is 0 Å². The summed E-state index contributed by atoms with van der Waals surface area (Å²) >= 11 is 0. The number of piperidine rings is 1. The summed E-state index contributed by atoms with van der Waals surface area (Å²) in [6.45, 7) is 4.34. The van der Waals surface area contributed by atoms with Gasteiger partial charge in [0.1, 0.15) is 0 Å². The maximum absolute atomic E-state index is 9.35. The minimum Gasteiger partial charge on any atom is -0.395 e. The van der Waals surface area contributed by atoms with E-state index in [4.69, 9.17) is 0 Å². The normalized spacial score (nSPS) is 24.2.